The van der Waals surface area contributed by atoms with Crippen molar-refractivity contribution in [1.82, 2.24) is 0 Å². The minimum Gasteiger partial charge on any atom is -0.257 e. The Balaban J connectivity index is 2.24. The molecule has 0 saturated carbocycles. The van der Waals surface area contributed by atoms with Crippen LogP contribution in [0.3, 0.4) is 0 Å². The minimum absolute atomic E-state index is 0.793. The van der Waals surface area contributed by atoms with Gasteiger partial charge in [0, 0.05) is 17.8 Å². The Morgan fingerprint density at radius 2 is 0.957 bits per heavy atom. The van der Waals surface area contributed by atoms with Crippen LogP contribution in [0.25, 0.3) is 0 Å². The highest BCUT2D eigenvalue weighted by atomic mass is 14.8. The molecule has 2 aromatic rings. The summed E-state index contributed by atoms with van der Waals surface area (Å²) >= 11 is 0. The highest BCUT2D eigenvalue weighted by Gasteiger charge is 2.04. The summed E-state index contributed by atoms with van der Waals surface area (Å²) in [6.45, 7) is 12.6. The summed E-state index contributed by atoms with van der Waals surface area (Å²) in [6.07, 6.45) is 0.793. The molecule has 0 aliphatic rings. The van der Waals surface area contributed by atoms with Gasteiger partial charge in [-0.25, -0.2) is 0 Å². The first-order chi connectivity index (χ1) is 10.9. The lowest BCUT2D eigenvalue weighted by Crippen LogP contribution is -2.01. The zero-order valence-corrected chi connectivity index (χ0v) is 15.1. The molecule has 0 atom stereocenters. The van der Waals surface area contributed by atoms with E-state index in [-0.39, 0.29) is 0 Å². The van der Waals surface area contributed by atoms with Crippen molar-refractivity contribution < 1.29 is 0 Å². The van der Waals surface area contributed by atoms with E-state index < -0.39 is 0 Å². The van der Waals surface area contributed by atoms with E-state index in [1.54, 1.807) is 0 Å². The molecule has 2 aromatic carbocycles. The first-order valence-electron chi connectivity index (χ1n) is 8.09. The normalized spacial score (nSPS) is 12.6. The van der Waals surface area contributed by atoms with Crippen molar-refractivity contribution in [2.24, 2.45) is 9.98 Å². The van der Waals surface area contributed by atoms with Crippen LogP contribution < -0.4 is 0 Å². The summed E-state index contributed by atoms with van der Waals surface area (Å²) in [5, 5.41) is 0. The van der Waals surface area contributed by atoms with Gasteiger partial charge in [-0.05, 0) is 63.8 Å². The van der Waals surface area contributed by atoms with Gasteiger partial charge in [0.15, 0.2) is 0 Å². The predicted octanol–water partition coefficient (Wildman–Crippen LogP) is 6.20. The molecule has 0 spiro atoms. The van der Waals surface area contributed by atoms with Crippen LogP contribution in [-0.2, 0) is 0 Å². The summed E-state index contributed by atoms with van der Waals surface area (Å²) in [4.78, 5) is 9.64. The Labute approximate surface area is 140 Å². The second-order valence-corrected chi connectivity index (χ2v) is 6.35. The molecule has 0 heterocycles. The van der Waals surface area contributed by atoms with Crippen molar-refractivity contribution in [3.8, 4) is 0 Å². The van der Waals surface area contributed by atoms with E-state index in [1.807, 2.05) is 0 Å². The number of rotatable bonds is 4. The topological polar surface area (TPSA) is 24.7 Å². The minimum atomic E-state index is 0.793. The fraction of sp³-hybridized carbons (Fsp3) is 0.333. The summed E-state index contributed by atoms with van der Waals surface area (Å²) in [5.41, 5.74) is 9.23. The van der Waals surface area contributed by atoms with E-state index in [1.165, 1.54) is 22.3 Å². The molecular formula is C21H26N2. The molecule has 23 heavy (non-hydrogen) atoms. The van der Waals surface area contributed by atoms with Crippen molar-refractivity contribution in [1.29, 1.82) is 0 Å². The Kier molecular flexibility index (Phi) is 5.49. The van der Waals surface area contributed by atoms with Gasteiger partial charge in [0.1, 0.15) is 0 Å². The summed E-state index contributed by atoms with van der Waals surface area (Å²) in [5.74, 6) is 0. The Morgan fingerprint density at radius 3 is 1.26 bits per heavy atom. The lowest BCUT2D eigenvalue weighted by Gasteiger charge is -2.08. The average molecular weight is 306 g/mol. The molecule has 0 aliphatic carbocycles. The molecule has 0 saturated heterocycles. The standard InChI is InChI=1S/C21H26N2/c1-14-9-7-10-15(2)20(14)22-18(5)13-19(6)23-21-16(3)11-8-12-17(21)4/h7-12H,13H2,1-6H3. The van der Waals surface area contributed by atoms with Gasteiger partial charge in [-0.3, -0.25) is 9.98 Å². The quantitative estimate of drug-likeness (QED) is 0.601. The average Bonchev–Trinajstić information content (AvgIpc) is 2.47. The van der Waals surface area contributed by atoms with Crippen molar-refractivity contribution >= 4 is 22.8 Å². The van der Waals surface area contributed by atoms with Crippen LogP contribution >= 0.6 is 0 Å². The lowest BCUT2D eigenvalue weighted by molar-refractivity contribution is 1.28. The molecule has 0 radical (unpaired) electrons. The van der Waals surface area contributed by atoms with Crippen LogP contribution in [0.5, 0.6) is 0 Å². The lowest BCUT2D eigenvalue weighted by atomic mass is 10.1. The van der Waals surface area contributed by atoms with E-state index in [2.05, 4.69) is 77.9 Å². The maximum atomic E-state index is 4.82. The largest absolute Gasteiger partial charge is 0.257 e. The monoisotopic (exact) mass is 306 g/mol. The molecule has 0 amide bonds. The Bertz CT molecular complexity index is 661. The first kappa shape index (κ1) is 17.1. The van der Waals surface area contributed by atoms with Gasteiger partial charge in [-0.1, -0.05) is 36.4 Å². The van der Waals surface area contributed by atoms with Gasteiger partial charge in [0.2, 0.25) is 0 Å². The number of nitrogens with zero attached hydrogens (tertiary/aromatic N) is 2. The van der Waals surface area contributed by atoms with Crippen LogP contribution in [0.15, 0.2) is 46.4 Å². The van der Waals surface area contributed by atoms with Crippen molar-refractivity contribution in [3.05, 3.63) is 58.7 Å². The highest BCUT2D eigenvalue weighted by Crippen LogP contribution is 2.25. The van der Waals surface area contributed by atoms with Crippen molar-refractivity contribution in [3.63, 3.8) is 0 Å². The van der Waals surface area contributed by atoms with Crippen LogP contribution in [0.4, 0.5) is 11.4 Å². The van der Waals surface area contributed by atoms with Crippen LogP contribution in [-0.4, -0.2) is 11.4 Å². The van der Waals surface area contributed by atoms with Gasteiger partial charge in [0.25, 0.3) is 0 Å². The van der Waals surface area contributed by atoms with E-state index in [0.717, 1.165) is 29.2 Å². The fourth-order valence-corrected chi connectivity index (χ4v) is 2.80. The number of hydrogen-bond donors (Lipinski definition) is 0. The molecule has 2 heteroatoms. The van der Waals surface area contributed by atoms with Gasteiger partial charge >= 0.3 is 0 Å². The third-order valence-electron chi connectivity index (χ3n) is 4.00. The molecule has 0 unspecified atom stereocenters. The third kappa shape index (κ3) is 4.38. The smallest absolute Gasteiger partial charge is 0.0687 e. The van der Waals surface area contributed by atoms with Crippen molar-refractivity contribution in [2.45, 2.75) is 48.0 Å². The highest BCUT2D eigenvalue weighted by molar-refractivity contribution is 6.04. The molecule has 120 valence electrons. The van der Waals surface area contributed by atoms with E-state index in [4.69, 9.17) is 9.98 Å². The van der Waals surface area contributed by atoms with Gasteiger partial charge in [-0.2, -0.15) is 0 Å². The number of aryl methyl sites for hydroxylation is 4. The summed E-state index contributed by atoms with van der Waals surface area (Å²) in [7, 11) is 0. The Hall–Kier alpha value is -2.22. The van der Waals surface area contributed by atoms with Gasteiger partial charge in [-0.15, -0.1) is 0 Å². The second kappa shape index (κ2) is 7.36. The first-order valence-corrected chi connectivity index (χ1v) is 8.09. The number of benzene rings is 2. The summed E-state index contributed by atoms with van der Waals surface area (Å²) < 4.78 is 0. The molecule has 0 aliphatic heterocycles. The maximum absolute atomic E-state index is 4.82. The second-order valence-electron chi connectivity index (χ2n) is 6.35. The number of para-hydroxylation sites is 2. The summed E-state index contributed by atoms with van der Waals surface area (Å²) in [6, 6.07) is 12.6. The predicted molar refractivity (Wildman–Crippen MR) is 102 cm³/mol. The van der Waals surface area contributed by atoms with Gasteiger partial charge in [0.05, 0.1) is 11.4 Å². The number of aliphatic imine (C=N–C) groups is 2. The van der Waals surface area contributed by atoms with Crippen LogP contribution in [0.1, 0.15) is 42.5 Å². The molecule has 0 bridgehead atoms. The van der Waals surface area contributed by atoms with Crippen molar-refractivity contribution in [2.75, 3.05) is 0 Å². The molecule has 0 N–H and O–H groups in total. The fourth-order valence-electron chi connectivity index (χ4n) is 2.80. The molecule has 0 aromatic heterocycles. The van der Waals surface area contributed by atoms with Gasteiger partial charge < -0.3 is 0 Å². The molecular weight excluding hydrogens is 280 g/mol. The van der Waals surface area contributed by atoms with E-state index >= 15 is 0 Å². The molecule has 2 nitrogen and oxygen atoms in total. The van der Waals surface area contributed by atoms with E-state index in [0.29, 0.717) is 0 Å². The van der Waals surface area contributed by atoms with Crippen LogP contribution in [0.2, 0.25) is 0 Å². The molecule has 0 fully saturated rings. The van der Waals surface area contributed by atoms with Crippen LogP contribution in [0, 0.1) is 27.7 Å². The Morgan fingerprint density at radius 1 is 0.652 bits per heavy atom. The maximum Gasteiger partial charge on any atom is 0.0687 e. The zero-order valence-electron chi connectivity index (χ0n) is 15.1. The third-order valence-corrected chi connectivity index (χ3v) is 4.00. The van der Waals surface area contributed by atoms with E-state index in [9.17, 15) is 0 Å². The SMILES string of the molecule is CC(CC(C)=Nc1c(C)cccc1C)=Nc1c(C)cccc1C. The number of hydrogen-bond acceptors (Lipinski definition) is 2. The zero-order chi connectivity index (χ0) is 17.0. The molecule has 2 rings (SSSR count).